The van der Waals surface area contributed by atoms with Gasteiger partial charge in [-0.3, -0.25) is 20.4 Å². The number of para-hydroxylation sites is 2. The predicted molar refractivity (Wildman–Crippen MR) is 106 cm³/mol. The summed E-state index contributed by atoms with van der Waals surface area (Å²) in [6.45, 7) is 1.91. The molecule has 0 saturated carbocycles. The molecule has 6 nitrogen and oxygen atoms in total. The van der Waals surface area contributed by atoms with Gasteiger partial charge in [0.15, 0.2) is 0 Å². The molecule has 1 heterocycles. The minimum Gasteiger partial charge on any atom is -0.318 e. The van der Waals surface area contributed by atoms with Crippen molar-refractivity contribution in [2.24, 2.45) is 0 Å². The van der Waals surface area contributed by atoms with E-state index in [0.717, 1.165) is 35.1 Å². The van der Waals surface area contributed by atoms with Crippen LogP contribution in [0.2, 0.25) is 0 Å². The number of amides is 2. The molecule has 0 aliphatic heterocycles. The number of alkyl halides is 3. The first-order valence-electron chi connectivity index (χ1n) is 9.16. The molecule has 2 N–H and O–H groups in total. The van der Waals surface area contributed by atoms with Crippen LogP contribution in [-0.2, 0) is 28.7 Å². The van der Waals surface area contributed by atoms with Crippen LogP contribution in [0.25, 0.3) is 17.1 Å². The fourth-order valence-corrected chi connectivity index (χ4v) is 2.88. The summed E-state index contributed by atoms with van der Waals surface area (Å²) in [6.07, 6.45) is -1.31. The monoisotopic (exact) mass is 416 g/mol. The second kappa shape index (κ2) is 8.81. The number of benzene rings is 2. The fourth-order valence-electron chi connectivity index (χ4n) is 2.88. The number of halogens is 3. The number of carbonyl (C=O) groups excluding carboxylic acids is 2. The lowest BCUT2D eigenvalue weighted by Gasteiger charge is -2.09. The number of hydrogen-bond acceptors (Lipinski definition) is 3. The van der Waals surface area contributed by atoms with Crippen LogP contribution in [0.4, 0.5) is 13.2 Å². The molecule has 0 saturated heterocycles. The minimum atomic E-state index is -4.41. The smallest absolute Gasteiger partial charge is 0.318 e. The van der Waals surface area contributed by atoms with Crippen molar-refractivity contribution in [1.82, 2.24) is 20.4 Å². The molecule has 2 aromatic carbocycles. The van der Waals surface area contributed by atoms with Gasteiger partial charge in [0, 0.05) is 12.5 Å². The largest absolute Gasteiger partial charge is 0.416 e. The molecule has 0 spiro atoms. The summed E-state index contributed by atoms with van der Waals surface area (Å²) >= 11 is 0. The quantitative estimate of drug-likeness (QED) is 0.494. The van der Waals surface area contributed by atoms with Crippen molar-refractivity contribution in [3.05, 3.63) is 71.6 Å². The predicted octanol–water partition coefficient (Wildman–Crippen LogP) is 3.48. The zero-order chi connectivity index (χ0) is 21.7. The maximum atomic E-state index is 12.6. The van der Waals surface area contributed by atoms with E-state index in [-0.39, 0.29) is 6.54 Å². The lowest BCUT2D eigenvalue weighted by Crippen LogP contribution is -2.42. The van der Waals surface area contributed by atoms with Crippen LogP contribution in [0.3, 0.4) is 0 Å². The number of hydrazine groups is 1. The molecule has 0 unspecified atom stereocenters. The van der Waals surface area contributed by atoms with E-state index in [9.17, 15) is 22.8 Å². The second-order valence-corrected chi connectivity index (χ2v) is 6.45. The highest BCUT2D eigenvalue weighted by Gasteiger charge is 2.29. The third-order valence-corrected chi connectivity index (χ3v) is 4.34. The first kappa shape index (κ1) is 21.1. The lowest BCUT2D eigenvalue weighted by atomic mass is 10.1. The van der Waals surface area contributed by atoms with E-state index in [0.29, 0.717) is 12.0 Å². The summed E-state index contributed by atoms with van der Waals surface area (Å²) in [4.78, 5) is 28.6. The Hall–Kier alpha value is -3.62. The van der Waals surface area contributed by atoms with Gasteiger partial charge in [-0.25, -0.2) is 4.98 Å². The minimum absolute atomic E-state index is 0.0212. The average Bonchev–Trinajstić information content (AvgIpc) is 3.08. The molecule has 2 amide bonds. The summed E-state index contributed by atoms with van der Waals surface area (Å²) in [7, 11) is 0. The third-order valence-electron chi connectivity index (χ3n) is 4.34. The van der Waals surface area contributed by atoms with Crippen molar-refractivity contribution < 1.29 is 22.8 Å². The summed E-state index contributed by atoms with van der Waals surface area (Å²) in [5.74, 6) is -0.307. The number of aromatic nitrogens is 2. The maximum Gasteiger partial charge on any atom is 0.416 e. The Bertz CT molecular complexity index is 1090. The van der Waals surface area contributed by atoms with Gasteiger partial charge in [0.25, 0.3) is 11.8 Å². The molecule has 0 aliphatic rings. The molecule has 156 valence electrons. The van der Waals surface area contributed by atoms with Gasteiger partial charge in [-0.1, -0.05) is 31.2 Å². The number of imidazole rings is 1. The van der Waals surface area contributed by atoms with Crippen LogP contribution in [0.5, 0.6) is 0 Å². The van der Waals surface area contributed by atoms with Gasteiger partial charge < -0.3 is 4.57 Å². The number of rotatable bonds is 5. The SMILES string of the molecule is CCc1nc2ccccc2n1CC(=O)NNC(=O)/C=C/c1ccc(C(F)(F)F)cc1. The Morgan fingerprint density at radius 2 is 1.77 bits per heavy atom. The topological polar surface area (TPSA) is 76.0 Å². The molecular formula is C21H19F3N4O2. The Balaban J connectivity index is 1.56. The van der Waals surface area contributed by atoms with E-state index >= 15 is 0 Å². The van der Waals surface area contributed by atoms with Crippen LogP contribution in [0, 0.1) is 0 Å². The van der Waals surface area contributed by atoms with Gasteiger partial charge in [-0.15, -0.1) is 0 Å². The van der Waals surface area contributed by atoms with Crippen LogP contribution in [0.1, 0.15) is 23.9 Å². The van der Waals surface area contributed by atoms with E-state index < -0.39 is 23.6 Å². The van der Waals surface area contributed by atoms with Crippen LogP contribution in [-0.4, -0.2) is 21.4 Å². The Morgan fingerprint density at radius 3 is 2.43 bits per heavy atom. The van der Waals surface area contributed by atoms with Crippen LogP contribution in [0.15, 0.2) is 54.6 Å². The van der Waals surface area contributed by atoms with Gasteiger partial charge in [-0.2, -0.15) is 13.2 Å². The van der Waals surface area contributed by atoms with E-state index in [4.69, 9.17) is 0 Å². The van der Waals surface area contributed by atoms with Gasteiger partial charge >= 0.3 is 6.18 Å². The summed E-state index contributed by atoms with van der Waals surface area (Å²) < 4.78 is 39.4. The lowest BCUT2D eigenvalue weighted by molar-refractivity contribution is -0.137. The number of hydrogen-bond donors (Lipinski definition) is 2. The van der Waals surface area contributed by atoms with E-state index in [1.165, 1.54) is 18.2 Å². The van der Waals surface area contributed by atoms with Gasteiger partial charge in [0.1, 0.15) is 12.4 Å². The molecule has 3 aromatic rings. The van der Waals surface area contributed by atoms with Crippen molar-refractivity contribution in [3.63, 3.8) is 0 Å². The normalized spacial score (nSPS) is 11.7. The number of aryl methyl sites for hydroxylation is 1. The molecule has 0 atom stereocenters. The van der Waals surface area contributed by atoms with Gasteiger partial charge in [0.2, 0.25) is 0 Å². The summed E-state index contributed by atoms with van der Waals surface area (Å²) in [5, 5.41) is 0. The Kier molecular flexibility index (Phi) is 6.20. The van der Waals surface area contributed by atoms with Crippen LogP contribution < -0.4 is 10.9 Å². The van der Waals surface area contributed by atoms with E-state index in [1.807, 2.05) is 31.2 Å². The molecule has 9 heteroatoms. The molecular weight excluding hydrogens is 397 g/mol. The molecule has 30 heavy (non-hydrogen) atoms. The van der Waals surface area contributed by atoms with Crippen molar-refractivity contribution in [2.45, 2.75) is 26.1 Å². The zero-order valence-corrected chi connectivity index (χ0v) is 16.0. The molecule has 0 bridgehead atoms. The van der Waals surface area contributed by atoms with Gasteiger partial charge in [0.05, 0.1) is 16.6 Å². The maximum absolute atomic E-state index is 12.6. The number of fused-ring (bicyclic) bond motifs is 1. The highest BCUT2D eigenvalue weighted by Crippen LogP contribution is 2.29. The molecule has 3 rings (SSSR count). The number of carbonyl (C=O) groups is 2. The van der Waals surface area contributed by atoms with Crippen molar-refractivity contribution in [1.29, 1.82) is 0 Å². The molecule has 0 radical (unpaired) electrons. The molecule has 1 aromatic heterocycles. The number of nitrogens with zero attached hydrogens (tertiary/aromatic N) is 2. The standard InChI is InChI=1S/C21H19F3N4O2/c1-2-18-25-16-5-3-4-6-17(16)28(18)13-20(30)27-26-19(29)12-9-14-7-10-15(11-8-14)21(22,23)24/h3-12H,2,13H2,1H3,(H,26,29)(H,27,30)/b12-9+. The van der Waals surface area contributed by atoms with Crippen molar-refractivity contribution in [3.8, 4) is 0 Å². The number of nitrogens with one attached hydrogen (secondary N) is 2. The van der Waals surface area contributed by atoms with Crippen molar-refractivity contribution >= 4 is 28.9 Å². The van der Waals surface area contributed by atoms with E-state index in [1.54, 1.807) is 4.57 Å². The molecule has 0 fully saturated rings. The Morgan fingerprint density at radius 1 is 1.07 bits per heavy atom. The average molecular weight is 416 g/mol. The summed E-state index contributed by atoms with van der Waals surface area (Å²) in [6, 6.07) is 11.8. The molecule has 0 aliphatic carbocycles. The Labute approximate surface area is 170 Å². The third kappa shape index (κ3) is 5.05. The second-order valence-electron chi connectivity index (χ2n) is 6.45. The first-order chi connectivity index (χ1) is 14.3. The highest BCUT2D eigenvalue weighted by atomic mass is 19.4. The summed E-state index contributed by atoms with van der Waals surface area (Å²) in [5.41, 5.74) is 5.81. The van der Waals surface area contributed by atoms with Crippen LogP contribution >= 0.6 is 0 Å². The van der Waals surface area contributed by atoms with E-state index in [2.05, 4.69) is 15.8 Å². The fraction of sp³-hybridized carbons (Fsp3) is 0.190. The van der Waals surface area contributed by atoms with Crippen molar-refractivity contribution in [2.75, 3.05) is 0 Å². The van der Waals surface area contributed by atoms with Gasteiger partial charge in [-0.05, 0) is 35.9 Å². The highest BCUT2D eigenvalue weighted by molar-refractivity contribution is 5.93. The first-order valence-corrected chi connectivity index (χ1v) is 9.16. The zero-order valence-electron chi connectivity index (χ0n) is 16.0.